The van der Waals surface area contributed by atoms with Crippen LogP contribution < -0.4 is 5.32 Å². The second kappa shape index (κ2) is 6.00. The molecule has 2 heterocycles. The Kier molecular flexibility index (Phi) is 3.69. The zero-order valence-electron chi connectivity index (χ0n) is 12.4. The van der Waals surface area contributed by atoms with Gasteiger partial charge in [0.25, 0.3) is 0 Å². The average molecular weight is 351 g/mol. The van der Waals surface area contributed by atoms with E-state index in [2.05, 4.69) is 21.6 Å². The molecule has 2 aromatic carbocycles. The summed E-state index contributed by atoms with van der Waals surface area (Å²) in [5.74, 6) is 0.675. The molecule has 6 heteroatoms. The third kappa shape index (κ3) is 2.52. The Morgan fingerprint density at radius 1 is 1.17 bits per heavy atom. The highest BCUT2D eigenvalue weighted by Crippen LogP contribution is 2.35. The number of hydrogen-bond acceptors (Lipinski definition) is 4. The fourth-order valence-corrected chi connectivity index (χ4v) is 3.51. The summed E-state index contributed by atoms with van der Waals surface area (Å²) in [7, 11) is 0. The van der Waals surface area contributed by atoms with Gasteiger partial charge in [0.1, 0.15) is 10.9 Å². The van der Waals surface area contributed by atoms with Gasteiger partial charge < -0.3 is 5.32 Å². The minimum Gasteiger partial charge on any atom is -0.336 e. The van der Waals surface area contributed by atoms with Crippen molar-refractivity contribution in [3.63, 3.8) is 0 Å². The van der Waals surface area contributed by atoms with Gasteiger partial charge in [0, 0.05) is 10.9 Å². The third-order valence-electron chi connectivity index (χ3n) is 3.76. The summed E-state index contributed by atoms with van der Waals surface area (Å²) in [5, 5.41) is 23.1. The standard InChI is InChI=1S/C18H11ClN4S/c19-14-9-16-13(8-12(14)11-4-2-1-3-5-11)18(23-22-16)21-15-6-7-24-17(15)10-20/h1-9H,(H2,21,22,23). The minimum absolute atomic E-state index is 0.628. The van der Waals surface area contributed by atoms with Gasteiger partial charge >= 0.3 is 0 Å². The number of aromatic amines is 1. The summed E-state index contributed by atoms with van der Waals surface area (Å²) in [5.41, 5.74) is 3.59. The van der Waals surface area contributed by atoms with E-state index in [1.54, 1.807) is 0 Å². The number of nitrogens with zero attached hydrogens (tertiary/aromatic N) is 2. The van der Waals surface area contributed by atoms with E-state index in [1.165, 1.54) is 11.3 Å². The van der Waals surface area contributed by atoms with Gasteiger partial charge in [-0.15, -0.1) is 11.3 Å². The number of aromatic nitrogens is 2. The van der Waals surface area contributed by atoms with Crippen LogP contribution in [0.1, 0.15) is 4.88 Å². The molecule has 0 radical (unpaired) electrons. The van der Waals surface area contributed by atoms with E-state index >= 15 is 0 Å². The van der Waals surface area contributed by atoms with Gasteiger partial charge in [0.2, 0.25) is 0 Å². The van der Waals surface area contributed by atoms with Crippen LogP contribution in [0.5, 0.6) is 0 Å². The van der Waals surface area contributed by atoms with Crippen LogP contribution in [0, 0.1) is 11.3 Å². The van der Waals surface area contributed by atoms with Crippen molar-refractivity contribution in [2.45, 2.75) is 0 Å². The van der Waals surface area contributed by atoms with Gasteiger partial charge in [-0.2, -0.15) is 10.4 Å². The van der Waals surface area contributed by atoms with Crippen molar-refractivity contribution in [2.75, 3.05) is 5.32 Å². The van der Waals surface area contributed by atoms with Gasteiger partial charge in [-0.25, -0.2) is 0 Å². The number of halogens is 1. The number of thiophene rings is 1. The molecule has 4 rings (SSSR count). The number of fused-ring (bicyclic) bond motifs is 1. The Balaban J connectivity index is 1.82. The molecule has 4 nitrogen and oxygen atoms in total. The van der Waals surface area contributed by atoms with Crippen LogP contribution in [0.3, 0.4) is 0 Å². The summed E-state index contributed by atoms with van der Waals surface area (Å²) in [6.07, 6.45) is 0. The number of nitriles is 1. The summed E-state index contributed by atoms with van der Waals surface area (Å²) < 4.78 is 0. The Morgan fingerprint density at radius 2 is 2.00 bits per heavy atom. The van der Waals surface area contributed by atoms with E-state index in [-0.39, 0.29) is 0 Å². The van der Waals surface area contributed by atoms with Gasteiger partial charge in [-0.1, -0.05) is 41.9 Å². The van der Waals surface area contributed by atoms with Crippen LogP contribution >= 0.6 is 22.9 Å². The number of benzene rings is 2. The van der Waals surface area contributed by atoms with Crippen LogP contribution in [-0.4, -0.2) is 10.2 Å². The number of hydrogen-bond donors (Lipinski definition) is 2. The van der Waals surface area contributed by atoms with Gasteiger partial charge in [-0.3, -0.25) is 5.10 Å². The number of anilines is 2. The Bertz CT molecular complexity index is 1060. The molecule has 2 N–H and O–H groups in total. The molecule has 0 bridgehead atoms. The van der Waals surface area contributed by atoms with E-state index < -0.39 is 0 Å². The van der Waals surface area contributed by atoms with Crippen molar-refractivity contribution in [1.29, 1.82) is 5.26 Å². The first-order chi connectivity index (χ1) is 11.8. The molecule has 0 saturated carbocycles. The SMILES string of the molecule is N#Cc1sccc1Nc1n[nH]c2cc(Cl)c(-c3ccccc3)cc12. The van der Waals surface area contributed by atoms with Crippen molar-refractivity contribution >= 4 is 45.3 Å². The largest absolute Gasteiger partial charge is 0.336 e. The second-order valence-corrected chi connectivity index (χ2v) is 6.54. The molecular formula is C18H11ClN4S. The number of H-pyrrole nitrogens is 1. The summed E-state index contributed by atoms with van der Waals surface area (Å²) in [6.45, 7) is 0. The molecule has 0 unspecified atom stereocenters. The lowest BCUT2D eigenvalue weighted by Gasteiger charge is -2.06. The maximum atomic E-state index is 9.15. The van der Waals surface area contributed by atoms with E-state index in [4.69, 9.17) is 16.9 Å². The second-order valence-electron chi connectivity index (χ2n) is 5.22. The highest BCUT2D eigenvalue weighted by molar-refractivity contribution is 7.11. The zero-order valence-corrected chi connectivity index (χ0v) is 13.9. The van der Waals surface area contributed by atoms with E-state index in [0.717, 1.165) is 27.7 Å². The van der Waals surface area contributed by atoms with Crippen molar-refractivity contribution in [1.82, 2.24) is 10.2 Å². The maximum Gasteiger partial charge on any atom is 0.160 e. The molecule has 0 atom stereocenters. The smallest absolute Gasteiger partial charge is 0.160 e. The Labute approximate surface area is 147 Å². The molecule has 2 aromatic heterocycles. The Morgan fingerprint density at radius 3 is 2.79 bits per heavy atom. The van der Waals surface area contributed by atoms with Crippen molar-refractivity contribution < 1.29 is 0 Å². The first-order valence-electron chi connectivity index (χ1n) is 7.24. The monoisotopic (exact) mass is 350 g/mol. The molecule has 0 aliphatic heterocycles. The highest BCUT2D eigenvalue weighted by atomic mass is 35.5. The lowest BCUT2D eigenvalue weighted by Crippen LogP contribution is -1.91. The highest BCUT2D eigenvalue weighted by Gasteiger charge is 2.13. The summed E-state index contributed by atoms with van der Waals surface area (Å²) in [4.78, 5) is 0.628. The van der Waals surface area contributed by atoms with Crippen LogP contribution in [0.4, 0.5) is 11.5 Å². The van der Waals surface area contributed by atoms with Crippen LogP contribution in [0.2, 0.25) is 5.02 Å². The minimum atomic E-state index is 0.628. The predicted octanol–water partition coefficient (Wildman–Crippen LogP) is 5.56. The normalized spacial score (nSPS) is 10.7. The average Bonchev–Trinajstić information content (AvgIpc) is 3.22. The van der Waals surface area contributed by atoms with Crippen LogP contribution in [0.25, 0.3) is 22.0 Å². The van der Waals surface area contributed by atoms with Gasteiger partial charge in [0.15, 0.2) is 5.82 Å². The fourth-order valence-electron chi connectivity index (χ4n) is 2.59. The van der Waals surface area contributed by atoms with Crippen molar-refractivity contribution in [3.05, 3.63) is 63.8 Å². The van der Waals surface area contributed by atoms with E-state index in [9.17, 15) is 0 Å². The zero-order chi connectivity index (χ0) is 16.5. The predicted molar refractivity (Wildman–Crippen MR) is 98.9 cm³/mol. The van der Waals surface area contributed by atoms with Gasteiger partial charge in [-0.05, 0) is 29.1 Å². The van der Waals surface area contributed by atoms with E-state index in [1.807, 2.05) is 53.9 Å². The number of rotatable bonds is 3. The third-order valence-corrected chi connectivity index (χ3v) is 4.89. The molecule has 0 amide bonds. The lowest BCUT2D eigenvalue weighted by molar-refractivity contribution is 1.12. The summed E-state index contributed by atoms with van der Waals surface area (Å²) in [6, 6.07) is 17.9. The summed E-state index contributed by atoms with van der Waals surface area (Å²) >= 11 is 7.82. The van der Waals surface area contributed by atoms with Crippen molar-refractivity contribution in [2.24, 2.45) is 0 Å². The van der Waals surface area contributed by atoms with E-state index in [0.29, 0.717) is 15.7 Å². The Hall–Kier alpha value is -2.81. The molecule has 4 aromatic rings. The molecule has 0 spiro atoms. The molecule has 0 saturated heterocycles. The lowest BCUT2D eigenvalue weighted by atomic mass is 10.0. The quantitative estimate of drug-likeness (QED) is 0.508. The first kappa shape index (κ1) is 14.8. The molecule has 0 aliphatic rings. The molecule has 0 fully saturated rings. The first-order valence-corrected chi connectivity index (χ1v) is 8.49. The number of nitrogens with one attached hydrogen (secondary N) is 2. The molecule has 116 valence electrons. The van der Waals surface area contributed by atoms with Crippen LogP contribution in [0.15, 0.2) is 53.9 Å². The fraction of sp³-hybridized carbons (Fsp3) is 0. The van der Waals surface area contributed by atoms with Crippen LogP contribution in [-0.2, 0) is 0 Å². The van der Waals surface area contributed by atoms with Gasteiger partial charge in [0.05, 0.1) is 16.2 Å². The molecule has 0 aliphatic carbocycles. The topological polar surface area (TPSA) is 64.5 Å². The maximum absolute atomic E-state index is 9.15. The molecular weight excluding hydrogens is 340 g/mol. The molecule has 24 heavy (non-hydrogen) atoms. The van der Waals surface area contributed by atoms with Crippen molar-refractivity contribution in [3.8, 4) is 17.2 Å².